The van der Waals surface area contributed by atoms with Crippen LogP contribution in [-0.4, -0.2) is 36.6 Å². The van der Waals surface area contributed by atoms with Crippen molar-refractivity contribution in [1.29, 1.82) is 0 Å². The van der Waals surface area contributed by atoms with Gasteiger partial charge in [-0.1, -0.05) is 26.7 Å². The summed E-state index contributed by atoms with van der Waals surface area (Å²) in [5, 5.41) is 3.92. The van der Waals surface area contributed by atoms with Crippen molar-refractivity contribution in [3.8, 4) is 0 Å². The highest BCUT2D eigenvalue weighted by Crippen LogP contribution is 2.38. The van der Waals surface area contributed by atoms with Crippen LogP contribution in [0.15, 0.2) is 0 Å². The van der Waals surface area contributed by atoms with Crippen LogP contribution in [0.3, 0.4) is 0 Å². The number of nitrogens with one attached hydrogen (secondary N) is 1. The Bertz CT molecular complexity index is 294. The van der Waals surface area contributed by atoms with Gasteiger partial charge in [0.25, 0.3) is 0 Å². The molecular weight excluding hydrogens is 244 g/mol. The fourth-order valence-corrected chi connectivity index (χ4v) is 4.73. The molecule has 0 aromatic heterocycles. The lowest BCUT2D eigenvalue weighted by atomic mass is 9.92. The first-order valence-corrected chi connectivity index (χ1v) is 9.23. The summed E-state index contributed by atoms with van der Waals surface area (Å²) in [6.45, 7) is 8.79. The first-order valence-electron chi connectivity index (χ1n) is 9.23. The van der Waals surface area contributed by atoms with Crippen LogP contribution in [0, 0.1) is 17.8 Å². The van der Waals surface area contributed by atoms with E-state index in [-0.39, 0.29) is 0 Å². The minimum atomic E-state index is 0.757. The molecule has 2 heteroatoms. The van der Waals surface area contributed by atoms with E-state index in [1.165, 1.54) is 71.0 Å². The van der Waals surface area contributed by atoms with E-state index in [9.17, 15) is 0 Å². The third-order valence-corrected chi connectivity index (χ3v) is 5.91. The van der Waals surface area contributed by atoms with E-state index in [0.717, 1.165) is 29.8 Å². The summed E-state index contributed by atoms with van der Waals surface area (Å²) in [5.74, 6) is 2.88. The summed E-state index contributed by atoms with van der Waals surface area (Å²) < 4.78 is 0. The molecule has 0 aromatic rings. The number of rotatable bonds is 6. The minimum absolute atomic E-state index is 0.757. The molecule has 0 radical (unpaired) electrons. The van der Waals surface area contributed by atoms with E-state index in [0.29, 0.717) is 0 Å². The van der Waals surface area contributed by atoms with Crippen molar-refractivity contribution >= 4 is 0 Å². The Labute approximate surface area is 125 Å². The smallest absolute Gasteiger partial charge is 0.0198 e. The molecule has 3 aliphatic rings. The summed E-state index contributed by atoms with van der Waals surface area (Å²) >= 11 is 0. The molecule has 3 atom stereocenters. The van der Waals surface area contributed by atoms with Crippen molar-refractivity contribution in [3.05, 3.63) is 0 Å². The molecule has 3 unspecified atom stereocenters. The van der Waals surface area contributed by atoms with Crippen molar-refractivity contribution in [2.45, 2.75) is 77.3 Å². The first-order chi connectivity index (χ1) is 9.76. The maximum Gasteiger partial charge on any atom is 0.0198 e. The van der Waals surface area contributed by atoms with E-state index >= 15 is 0 Å². The summed E-state index contributed by atoms with van der Waals surface area (Å²) in [5.41, 5.74) is 0. The molecule has 0 bridgehead atoms. The zero-order chi connectivity index (χ0) is 13.9. The number of likely N-dealkylation sites (tertiary alicyclic amines) is 1. The molecule has 2 aliphatic carbocycles. The van der Waals surface area contributed by atoms with Crippen LogP contribution in [0.5, 0.6) is 0 Å². The molecule has 20 heavy (non-hydrogen) atoms. The molecule has 1 saturated heterocycles. The monoisotopic (exact) mass is 278 g/mol. The predicted octanol–water partition coefficient (Wildman–Crippen LogP) is 3.67. The molecule has 116 valence electrons. The molecule has 0 amide bonds. The maximum atomic E-state index is 3.92. The van der Waals surface area contributed by atoms with Gasteiger partial charge >= 0.3 is 0 Å². The summed E-state index contributed by atoms with van der Waals surface area (Å²) in [4.78, 5) is 2.83. The van der Waals surface area contributed by atoms with Gasteiger partial charge in [-0.05, 0) is 62.8 Å². The lowest BCUT2D eigenvalue weighted by Crippen LogP contribution is -2.53. The average molecular weight is 278 g/mol. The van der Waals surface area contributed by atoms with Crippen molar-refractivity contribution in [2.75, 3.05) is 19.6 Å². The highest BCUT2D eigenvalue weighted by Gasteiger charge is 2.37. The van der Waals surface area contributed by atoms with Gasteiger partial charge in [-0.15, -0.1) is 0 Å². The molecule has 0 spiro atoms. The third kappa shape index (κ3) is 3.76. The fraction of sp³-hybridized carbons (Fsp3) is 1.00. The normalized spacial score (nSPS) is 34.5. The SMILES string of the molecule is CCC(C1CC1)N1CC(C)CC(NCC2CCCC2)C1. The van der Waals surface area contributed by atoms with Gasteiger partial charge in [0.1, 0.15) is 0 Å². The molecule has 2 nitrogen and oxygen atoms in total. The second-order valence-corrected chi connectivity index (χ2v) is 7.86. The zero-order valence-corrected chi connectivity index (χ0v) is 13.6. The van der Waals surface area contributed by atoms with E-state index in [4.69, 9.17) is 0 Å². The number of nitrogens with zero attached hydrogens (tertiary/aromatic N) is 1. The van der Waals surface area contributed by atoms with Gasteiger partial charge in [-0.3, -0.25) is 4.90 Å². The highest BCUT2D eigenvalue weighted by atomic mass is 15.2. The van der Waals surface area contributed by atoms with E-state index in [1.54, 1.807) is 0 Å². The lowest BCUT2D eigenvalue weighted by molar-refractivity contribution is 0.0884. The standard InChI is InChI=1S/C18H34N2/c1-3-18(16-8-9-16)20-12-14(2)10-17(13-20)19-11-15-6-4-5-7-15/h14-19H,3-13H2,1-2H3. The van der Waals surface area contributed by atoms with Gasteiger partial charge in [0, 0.05) is 25.2 Å². The van der Waals surface area contributed by atoms with Crippen LogP contribution >= 0.6 is 0 Å². The molecule has 2 saturated carbocycles. The van der Waals surface area contributed by atoms with Crippen LogP contribution in [0.4, 0.5) is 0 Å². The van der Waals surface area contributed by atoms with Gasteiger partial charge in [0.2, 0.25) is 0 Å². The van der Waals surface area contributed by atoms with Crippen LogP contribution in [-0.2, 0) is 0 Å². The number of piperidine rings is 1. The summed E-state index contributed by atoms with van der Waals surface area (Å²) in [7, 11) is 0. The van der Waals surface area contributed by atoms with Crippen molar-refractivity contribution in [3.63, 3.8) is 0 Å². The molecule has 1 N–H and O–H groups in total. The molecule has 1 aliphatic heterocycles. The molecule has 1 heterocycles. The Morgan fingerprint density at radius 1 is 1.10 bits per heavy atom. The Kier molecular flexibility index (Phi) is 5.04. The fourth-order valence-electron chi connectivity index (χ4n) is 4.73. The van der Waals surface area contributed by atoms with Crippen LogP contribution < -0.4 is 5.32 Å². The Morgan fingerprint density at radius 2 is 1.85 bits per heavy atom. The van der Waals surface area contributed by atoms with Gasteiger partial charge in [-0.25, -0.2) is 0 Å². The first kappa shape index (κ1) is 14.8. The topological polar surface area (TPSA) is 15.3 Å². The average Bonchev–Trinajstić information content (AvgIpc) is 3.12. The zero-order valence-electron chi connectivity index (χ0n) is 13.6. The summed E-state index contributed by atoms with van der Waals surface area (Å²) in [6.07, 6.45) is 11.6. The van der Waals surface area contributed by atoms with Crippen molar-refractivity contribution in [2.24, 2.45) is 17.8 Å². The lowest BCUT2D eigenvalue weighted by Gasteiger charge is -2.41. The van der Waals surface area contributed by atoms with E-state index < -0.39 is 0 Å². The second-order valence-electron chi connectivity index (χ2n) is 7.86. The third-order valence-electron chi connectivity index (χ3n) is 5.91. The molecule has 0 aromatic carbocycles. The van der Waals surface area contributed by atoms with E-state index in [2.05, 4.69) is 24.1 Å². The predicted molar refractivity (Wildman–Crippen MR) is 85.9 cm³/mol. The number of hydrogen-bond donors (Lipinski definition) is 1. The molecule has 3 rings (SSSR count). The minimum Gasteiger partial charge on any atom is -0.312 e. The van der Waals surface area contributed by atoms with E-state index in [1.807, 2.05) is 0 Å². The maximum absolute atomic E-state index is 3.92. The largest absolute Gasteiger partial charge is 0.312 e. The molecule has 3 fully saturated rings. The van der Waals surface area contributed by atoms with Crippen molar-refractivity contribution in [1.82, 2.24) is 10.2 Å². The Hall–Kier alpha value is -0.0800. The number of hydrogen-bond acceptors (Lipinski definition) is 2. The highest BCUT2D eigenvalue weighted by molar-refractivity contribution is 4.92. The van der Waals surface area contributed by atoms with Gasteiger partial charge in [-0.2, -0.15) is 0 Å². The summed E-state index contributed by atoms with van der Waals surface area (Å²) in [6, 6.07) is 1.64. The van der Waals surface area contributed by atoms with Crippen LogP contribution in [0.1, 0.15) is 65.2 Å². The molecular formula is C18H34N2. The van der Waals surface area contributed by atoms with Gasteiger partial charge in [0.15, 0.2) is 0 Å². The van der Waals surface area contributed by atoms with Crippen molar-refractivity contribution < 1.29 is 0 Å². The Morgan fingerprint density at radius 3 is 2.50 bits per heavy atom. The quantitative estimate of drug-likeness (QED) is 0.797. The van der Waals surface area contributed by atoms with Crippen LogP contribution in [0.2, 0.25) is 0 Å². The van der Waals surface area contributed by atoms with Crippen LogP contribution in [0.25, 0.3) is 0 Å². The Balaban J connectivity index is 1.49. The van der Waals surface area contributed by atoms with Gasteiger partial charge in [0.05, 0.1) is 0 Å². The second kappa shape index (κ2) is 6.79. The van der Waals surface area contributed by atoms with Gasteiger partial charge < -0.3 is 5.32 Å².